The van der Waals surface area contributed by atoms with Crippen LogP contribution < -0.4 is 5.69 Å². The molecule has 7 heteroatoms. The summed E-state index contributed by atoms with van der Waals surface area (Å²) < 4.78 is 1.27. The predicted molar refractivity (Wildman–Crippen MR) is 103 cm³/mol. The maximum Gasteiger partial charge on any atom is 0.333 e. The molecule has 1 aliphatic heterocycles. The van der Waals surface area contributed by atoms with E-state index in [9.17, 15) is 9.90 Å². The van der Waals surface area contributed by atoms with Gasteiger partial charge in [0.05, 0.1) is 11.9 Å². The summed E-state index contributed by atoms with van der Waals surface area (Å²) in [5.41, 5.74) is 3.27. The van der Waals surface area contributed by atoms with E-state index in [1.54, 1.807) is 6.07 Å². The standard InChI is InChI=1S/C19H17Cl2N3O2/c1-23-9-14(13-6-11(20)7-16(21)15(13)10-23)12-4-2-3-5-17(12)24-18(25)8-22-19(24)26/h2-8,14,25H,9-10H2,1H3,(H,22,26)/t14-/m0/s1. The van der Waals surface area contributed by atoms with Crippen molar-refractivity contribution in [3.63, 3.8) is 0 Å². The van der Waals surface area contributed by atoms with Crippen molar-refractivity contribution in [2.24, 2.45) is 0 Å². The number of H-pyrrole nitrogens is 1. The Morgan fingerprint density at radius 1 is 1.19 bits per heavy atom. The molecule has 0 aliphatic carbocycles. The van der Waals surface area contributed by atoms with E-state index in [-0.39, 0.29) is 17.5 Å². The second-order valence-corrected chi connectivity index (χ2v) is 7.39. The van der Waals surface area contributed by atoms with Crippen molar-refractivity contribution in [2.75, 3.05) is 13.6 Å². The lowest BCUT2D eigenvalue weighted by Crippen LogP contribution is -2.32. The zero-order valence-corrected chi connectivity index (χ0v) is 15.6. The fraction of sp³-hybridized carbons (Fsp3) is 0.211. The minimum atomic E-state index is -0.386. The molecule has 1 atom stereocenters. The van der Waals surface area contributed by atoms with Gasteiger partial charge in [0.2, 0.25) is 5.88 Å². The molecule has 2 heterocycles. The first-order valence-electron chi connectivity index (χ1n) is 8.20. The second kappa shape index (κ2) is 6.50. The van der Waals surface area contributed by atoms with Crippen molar-refractivity contribution in [1.29, 1.82) is 0 Å². The van der Waals surface area contributed by atoms with Crippen LogP contribution in [0.15, 0.2) is 47.4 Å². The quantitative estimate of drug-likeness (QED) is 0.701. The lowest BCUT2D eigenvalue weighted by atomic mass is 9.84. The molecule has 3 aromatic rings. The highest BCUT2D eigenvalue weighted by Gasteiger charge is 2.29. The smallest absolute Gasteiger partial charge is 0.333 e. The number of imidazole rings is 1. The molecule has 0 spiro atoms. The van der Waals surface area contributed by atoms with Gasteiger partial charge < -0.3 is 15.0 Å². The summed E-state index contributed by atoms with van der Waals surface area (Å²) in [4.78, 5) is 16.9. The molecule has 26 heavy (non-hydrogen) atoms. The van der Waals surface area contributed by atoms with Crippen LogP contribution in [0.2, 0.25) is 10.0 Å². The summed E-state index contributed by atoms with van der Waals surface area (Å²) in [6.07, 6.45) is 1.29. The molecule has 0 saturated heterocycles. The molecular formula is C19H17Cl2N3O2. The van der Waals surface area contributed by atoms with Crippen LogP contribution in [0.4, 0.5) is 0 Å². The largest absolute Gasteiger partial charge is 0.493 e. The van der Waals surface area contributed by atoms with E-state index in [0.29, 0.717) is 15.7 Å². The first kappa shape index (κ1) is 17.2. The summed E-state index contributed by atoms with van der Waals surface area (Å²) in [6, 6.07) is 11.3. The molecule has 2 N–H and O–H groups in total. The molecule has 2 aromatic carbocycles. The number of likely N-dealkylation sites (N-methyl/N-ethyl adjacent to an activating group) is 1. The van der Waals surface area contributed by atoms with Crippen molar-refractivity contribution in [3.8, 4) is 11.6 Å². The van der Waals surface area contributed by atoms with E-state index in [1.807, 2.05) is 37.4 Å². The Balaban J connectivity index is 1.95. The highest BCUT2D eigenvalue weighted by molar-refractivity contribution is 6.35. The lowest BCUT2D eigenvalue weighted by molar-refractivity contribution is 0.295. The van der Waals surface area contributed by atoms with Gasteiger partial charge in [0.1, 0.15) is 0 Å². The van der Waals surface area contributed by atoms with E-state index in [1.165, 1.54) is 10.8 Å². The van der Waals surface area contributed by atoms with Crippen molar-refractivity contribution in [1.82, 2.24) is 14.5 Å². The highest BCUT2D eigenvalue weighted by atomic mass is 35.5. The number of fused-ring (bicyclic) bond motifs is 1. The van der Waals surface area contributed by atoms with Gasteiger partial charge in [-0.2, -0.15) is 0 Å². The number of halogens is 2. The Morgan fingerprint density at radius 2 is 1.96 bits per heavy atom. The minimum Gasteiger partial charge on any atom is -0.493 e. The van der Waals surface area contributed by atoms with Gasteiger partial charge in [-0.1, -0.05) is 41.4 Å². The molecule has 5 nitrogen and oxygen atoms in total. The molecule has 0 unspecified atom stereocenters. The van der Waals surface area contributed by atoms with Gasteiger partial charge in [-0.15, -0.1) is 0 Å². The maximum atomic E-state index is 12.2. The molecular weight excluding hydrogens is 373 g/mol. The Bertz CT molecular complexity index is 1040. The van der Waals surface area contributed by atoms with Gasteiger partial charge in [0.25, 0.3) is 0 Å². The second-order valence-electron chi connectivity index (χ2n) is 6.55. The molecule has 0 bridgehead atoms. The molecule has 0 radical (unpaired) electrons. The molecule has 134 valence electrons. The normalized spacial score (nSPS) is 17.3. The first-order valence-corrected chi connectivity index (χ1v) is 8.96. The van der Waals surface area contributed by atoms with Gasteiger partial charge in [-0.3, -0.25) is 0 Å². The Labute approximate surface area is 160 Å². The van der Waals surface area contributed by atoms with E-state index in [0.717, 1.165) is 29.8 Å². The monoisotopic (exact) mass is 389 g/mol. The Kier molecular flexibility index (Phi) is 4.31. The average molecular weight is 390 g/mol. The molecule has 4 rings (SSSR count). The number of nitrogens with zero attached hydrogens (tertiary/aromatic N) is 2. The number of aromatic nitrogens is 2. The number of aromatic hydroxyl groups is 1. The molecule has 1 aliphatic rings. The molecule has 0 fully saturated rings. The zero-order valence-electron chi connectivity index (χ0n) is 14.0. The van der Waals surface area contributed by atoms with E-state index in [2.05, 4.69) is 9.88 Å². The third-order valence-electron chi connectivity index (χ3n) is 4.80. The van der Waals surface area contributed by atoms with Crippen LogP contribution in [0.1, 0.15) is 22.6 Å². The maximum absolute atomic E-state index is 12.2. The summed E-state index contributed by atoms with van der Waals surface area (Å²) in [7, 11) is 2.03. The van der Waals surface area contributed by atoms with E-state index in [4.69, 9.17) is 23.2 Å². The number of aromatic amines is 1. The summed E-state index contributed by atoms with van der Waals surface area (Å²) in [5, 5.41) is 11.3. The van der Waals surface area contributed by atoms with Gasteiger partial charge >= 0.3 is 5.69 Å². The van der Waals surface area contributed by atoms with Crippen LogP contribution in [0.3, 0.4) is 0 Å². The number of para-hydroxylation sites is 1. The van der Waals surface area contributed by atoms with E-state index >= 15 is 0 Å². The van der Waals surface area contributed by atoms with Crippen molar-refractivity contribution >= 4 is 23.2 Å². The molecule has 1 aromatic heterocycles. The van der Waals surface area contributed by atoms with Crippen LogP contribution in [0, 0.1) is 0 Å². The SMILES string of the molecule is CN1Cc2c(Cl)cc(Cl)cc2[C@H](c2ccccc2-n2c(O)c[nH]c2=O)C1. The van der Waals surface area contributed by atoms with Gasteiger partial charge in [0, 0.05) is 29.1 Å². The van der Waals surface area contributed by atoms with Crippen LogP contribution in [-0.4, -0.2) is 33.1 Å². The van der Waals surface area contributed by atoms with Gasteiger partial charge in [-0.05, 0) is 41.9 Å². The fourth-order valence-corrected chi connectivity index (χ4v) is 4.26. The summed E-state index contributed by atoms with van der Waals surface area (Å²) in [6.45, 7) is 1.49. The highest BCUT2D eigenvalue weighted by Crippen LogP contribution is 2.40. The zero-order chi connectivity index (χ0) is 18.4. The lowest BCUT2D eigenvalue weighted by Gasteiger charge is -2.34. The van der Waals surface area contributed by atoms with Crippen LogP contribution in [0.5, 0.6) is 5.88 Å². The Morgan fingerprint density at radius 3 is 2.69 bits per heavy atom. The number of rotatable bonds is 2. The van der Waals surface area contributed by atoms with Crippen LogP contribution in [-0.2, 0) is 6.54 Å². The van der Waals surface area contributed by atoms with Crippen molar-refractivity contribution in [2.45, 2.75) is 12.5 Å². The fourth-order valence-electron chi connectivity index (χ4n) is 3.69. The number of nitrogens with one attached hydrogen (secondary N) is 1. The Hall–Kier alpha value is -2.21. The van der Waals surface area contributed by atoms with Crippen molar-refractivity contribution in [3.05, 3.63) is 79.8 Å². The van der Waals surface area contributed by atoms with E-state index < -0.39 is 0 Å². The number of hydrogen-bond donors (Lipinski definition) is 2. The predicted octanol–water partition coefficient (Wildman–Crippen LogP) is 3.76. The molecule has 0 amide bonds. The van der Waals surface area contributed by atoms with Crippen LogP contribution >= 0.6 is 23.2 Å². The first-order chi connectivity index (χ1) is 12.5. The summed E-state index contributed by atoms with van der Waals surface area (Å²) in [5.74, 6) is -0.159. The molecule has 0 saturated carbocycles. The number of hydrogen-bond acceptors (Lipinski definition) is 3. The topological polar surface area (TPSA) is 61.3 Å². The van der Waals surface area contributed by atoms with Gasteiger partial charge in [0.15, 0.2) is 0 Å². The third-order valence-corrected chi connectivity index (χ3v) is 5.36. The number of benzene rings is 2. The van der Waals surface area contributed by atoms with Crippen LogP contribution in [0.25, 0.3) is 5.69 Å². The average Bonchev–Trinajstić information content (AvgIpc) is 2.93. The third kappa shape index (κ3) is 2.82. The minimum absolute atomic E-state index is 0.0302. The summed E-state index contributed by atoms with van der Waals surface area (Å²) >= 11 is 12.7. The van der Waals surface area contributed by atoms with Crippen molar-refractivity contribution < 1.29 is 5.11 Å². The van der Waals surface area contributed by atoms with Gasteiger partial charge in [-0.25, -0.2) is 9.36 Å².